The molecule has 0 spiro atoms. The maximum atomic E-state index is 6.39. The van der Waals surface area contributed by atoms with Crippen LogP contribution in [0.5, 0.6) is 0 Å². The lowest BCUT2D eigenvalue weighted by molar-refractivity contribution is 1.01. The zero-order chi connectivity index (χ0) is 15.9. The second-order valence-electron chi connectivity index (χ2n) is 5.25. The number of nitrogens with two attached hydrogens (primary N) is 1. The lowest BCUT2D eigenvalue weighted by atomic mass is 10.00. The highest BCUT2D eigenvalue weighted by Crippen LogP contribution is 2.37. The Morgan fingerprint density at radius 2 is 2.00 bits per heavy atom. The number of anilines is 1. The van der Waals surface area contributed by atoms with Crippen LogP contribution in [0.1, 0.15) is 5.56 Å². The number of hydrogen-bond acceptors (Lipinski definition) is 3. The van der Waals surface area contributed by atoms with Crippen molar-refractivity contribution >= 4 is 34.5 Å². The fourth-order valence-corrected chi connectivity index (χ4v) is 3.21. The Hall–Kier alpha value is -1.75. The van der Waals surface area contributed by atoms with E-state index < -0.39 is 0 Å². The van der Waals surface area contributed by atoms with Crippen molar-refractivity contribution in [2.45, 2.75) is 6.54 Å². The molecule has 114 valence electrons. The van der Waals surface area contributed by atoms with E-state index in [4.69, 9.17) is 28.9 Å². The molecule has 0 saturated carbocycles. The van der Waals surface area contributed by atoms with E-state index in [0.717, 1.165) is 28.0 Å². The number of imidazole rings is 1. The summed E-state index contributed by atoms with van der Waals surface area (Å²) in [6.45, 7) is 0.394. The summed E-state index contributed by atoms with van der Waals surface area (Å²) in [5, 5.41) is 1.21. The van der Waals surface area contributed by atoms with Crippen LogP contribution < -0.4 is 10.6 Å². The third-order valence-electron chi connectivity index (χ3n) is 3.63. The van der Waals surface area contributed by atoms with Crippen molar-refractivity contribution in [1.82, 2.24) is 9.38 Å². The van der Waals surface area contributed by atoms with Crippen LogP contribution in [-0.2, 0) is 6.54 Å². The monoisotopic (exact) mass is 334 g/mol. The zero-order valence-electron chi connectivity index (χ0n) is 12.3. The van der Waals surface area contributed by atoms with Gasteiger partial charge in [-0.05, 0) is 12.1 Å². The Kier molecular flexibility index (Phi) is 4.00. The number of halogens is 2. The third kappa shape index (κ3) is 2.43. The van der Waals surface area contributed by atoms with Gasteiger partial charge in [-0.15, -0.1) is 0 Å². The zero-order valence-corrected chi connectivity index (χ0v) is 13.9. The first-order chi connectivity index (χ1) is 10.5. The van der Waals surface area contributed by atoms with Gasteiger partial charge in [0.25, 0.3) is 0 Å². The molecule has 0 aliphatic rings. The predicted octanol–water partition coefficient (Wildman–Crippen LogP) is 3.83. The van der Waals surface area contributed by atoms with Gasteiger partial charge in [-0.1, -0.05) is 29.3 Å². The first-order valence-corrected chi connectivity index (χ1v) is 7.60. The molecule has 2 aromatic heterocycles. The Labute approximate surface area is 139 Å². The van der Waals surface area contributed by atoms with Gasteiger partial charge in [0.1, 0.15) is 0 Å². The largest absolute Gasteiger partial charge is 0.374 e. The highest BCUT2D eigenvalue weighted by atomic mass is 35.5. The summed E-state index contributed by atoms with van der Waals surface area (Å²) in [6, 6.07) is 5.49. The summed E-state index contributed by atoms with van der Waals surface area (Å²) in [6.07, 6.45) is 5.69. The second-order valence-corrected chi connectivity index (χ2v) is 6.09. The summed E-state index contributed by atoms with van der Waals surface area (Å²) in [5.41, 5.74) is 10.8. The van der Waals surface area contributed by atoms with Crippen molar-refractivity contribution in [3.63, 3.8) is 0 Å². The molecular formula is C16H16Cl2N4. The van der Waals surface area contributed by atoms with E-state index in [1.54, 1.807) is 12.3 Å². The quantitative estimate of drug-likeness (QED) is 0.791. The van der Waals surface area contributed by atoms with Crippen molar-refractivity contribution in [2.75, 3.05) is 19.0 Å². The minimum absolute atomic E-state index is 0.394. The summed E-state index contributed by atoms with van der Waals surface area (Å²) in [5.74, 6) is 0. The Bertz CT molecular complexity index is 840. The highest BCUT2D eigenvalue weighted by molar-refractivity contribution is 6.36. The molecule has 2 N–H and O–H groups in total. The molecule has 3 rings (SSSR count). The van der Waals surface area contributed by atoms with Crippen LogP contribution in [0.3, 0.4) is 0 Å². The van der Waals surface area contributed by atoms with Crippen molar-refractivity contribution in [3.05, 3.63) is 52.4 Å². The van der Waals surface area contributed by atoms with Crippen molar-refractivity contribution in [3.8, 4) is 11.1 Å². The van der Waals surface area contributed by atoms with Crippen LogP contribution in [-0.4, -0.2) is 23.5 Å². The molecule has 0 aliphatic heterocycles. The van der Waals surface area contributed by atoms with Gasteiger partial charge < -0.3 is 15.0 Å². The maximum Gasteiger partial charge on any atom is 0.160 e. The molecule has 4 nitrogen and oxygen atoms in total. The van der Waals surface area contributed by atoms with Crippen LogP contribution in [0.15, 0.2) is 36.8 Å². The molecule has 0 unspecified atom stereocenters. The fraction of sp³-hybridized carbons (Fsp3) is 0.188. The molecule has 0 fully saturated rings. The van der Waals surface area contributed by atoms with E-state index in [1.165, 1.54) is 0 Å². The van der Waals surface area contributed by atoms with E-state index in [1.807, 2.05) is 47.9 Å². The lowest BCUT2D eigenvalue weighted by Crippen LogP contribution is -2.16. The molecule has 6 heteroatoms. The number of benzene rings is 1. The molecule has 0 aliphatic carbocycles. The summed E-state index contributed by atoms with van der Waals surface area (Å²) < 4.78 is 1.98. The minimum atomic E-state index is 0.394. The van der Waals surface area contributed by atoms with Gasteiger partial charge in [0.15, 0.2) is 5.65 Å². The fourth-order valence-electron chi connectivity index (χ4n) is 2.70. The number of pyridine rings is 1. The first-order valence-electron chi connectivity index (χ1n) is 6.84. The Balaban J connectivity index is 2.38. The first kappa shape index (κ1) is 15.2. The second kappa shape index (κ2) is 5.80. The van der Waals surface area contributed by atoms with E-state index in [-0.39, 0.29) is 0 Å². The van der Waals surface area contributed by atoms with Crippen LogP contribution >= 0.6 is 23.2 Å². The van der Waals surface area contributed by atoms with E-state index in [2.05, 4.69) is 4.98 Å². The normalized spacial score (nSPS) is 11.1. The van der Waals surface area contributed by atoms with Gasteiger partial charge in [0.05, 0.1) is 5.69 Å². The van der Waals surface area contributed by atoms with Crippen LogP contribution in [0.4, 0.5) is 5.69 Å². The van der Waals surface area contributed by atoms with Gasteiger partial charge in [0, 0.05) is 66.0 Å². The number of aromatic nitrogens is 2. The maximum absolute atomic E-state index is 6.39. The van der Waals surface area contributed by atoms with Crippen LogP contribution in [0, 0.1) is 0 Å². The van der Waals surface area contributed by atoms with E-state index >= 15 is 0 Å². The highest BCUT2D eigenvalue weighted by Gasteiger charge is 2.18. The summed E-state index contributed by atoms with van der Waals surface area (Å²) in [7, 11) is 3.97. The standard InChI is InChI=1S/C16H16Cl2N4/c1-21(2)15-12(8-19)13(9-22-6-5-20-16(15)22)11-4-3-10(17)7-14(11)18/h3-7,9H,8,19H2,1-2H3. The minimum Gasteiger partial charge on any atom is -0.374 e. The molecular weight excluding hydrogens is 319 g/mol. The molecule has 0 radical (unpaired) electrons. The number of nitrogens with zero attached hydrogens (tertiary/aromatic N) is 3. The average Bonchev–Trinajstić information content (AvgIpc) is 2.92. The molecule has 0 saturated heterocycles. The van der Waals surface area contributed by atoms with Gasteiger partial charge >= 0.3 is 0 Å². The number of hydrogen-bond donors (Lipinski definition) is 1. The Morgan fingerprint density at radius 3 is 2.64 bits per heavy atom. The molecule has 0 bridgehead atoms. The number of fused-ring (bicyclic) bond motifs is 1. The predicted molar refractivity (Wildman–Crippen MR) is 92.9 cm³/mol. The molecule has 2 heterocycles. The third-order valence-corrected chi connectivity index (χ3v) is 4.18. The average molecular weight is 335 g/mol. The number of rotatable bonds is 3. The molecule has 1 aromatic carbocycles. The SMILES string of the molecule is CN(C)c1c(CN)c(-c2ccc(Cl)cc2Cl)cn2ccnc12. The van der Waals surface area contributed by atoms with Crippen LogP contribution in [0.2, 0.25) is 10.0 Å². The van der Waals surface area contributed by atoms with E-state index in [0.29, 0.717) is 16.6 Å². The van der Waals surface area contributed by atoms with E-state index in [9.17, 15) is 0 Å². The van der Waals surface area contributed by atoms with Crippen LogP contribution in [0.25, 0.3) is 16.8 Å². The summed E-state index contributed by atoms with van der Waals surface area (Å²) >= 11 is 12.4. The summed E-state index contributed by atoms with van der Waals surface area (Å²) in [4.78, 5) is 6.46. The van der Waals surface area contributed by atoms with Gasteiger partial charge in [-0.25, -0.2) is 4.98 Å². The molecule has 0 amide bonds. The van der Waals surface area contributed by atoms with Crippen molar-refractivity contribution in [2.24, 2.45) is 5.73 Å². The molecule has 0 atom stereocenters. The topological polar surface area (TPSA) is 46.6 Å². The van der Waals surface area contributed by atoms with Crippen molar-refractivity contribution in [1.29, 1.82) is 0 Å². The van der Waals surface area contributed by atoms with Gasteiger partial charge in [0.2, 0.25) is 0 Å². The lowest BCUT2D eigenvalue weighted by Gasteiger charge is -2.21. The Morgan fingerprint density at radius 1 is 1.23 bits per heavy atom. The molecule has 3 aromatic rings. The molecule has 22 heavy (non-hydrogen) atoms. The van der Waals surface area contributed by atoms with Crippen molar-refractivity contribution < 1.29 is 0 Å². The van der Waals surface area contributed by atoms with Gasteiger partial charge in [-0.3, -0.25) is 0 Å². The smallest absolute Gasteiger partial charge is 0.160 e. The van der Waals surface area contributed by atoms with Gasteiger partial charge in [-0.2, -0.15) is 0 Å².